The molecule has 0 fully saturated rings. The van der Waals surface area contributed by atoms with E-state index in [1.165, 1.54) is 19.1 Å². The van der Waals surface area contributed by atoms with Crippen molar-refractivity contribution in [2.24, 2.45) is 0 Å². The first-order valence-electron chi connectivity index (χ1n) is 8.57. The molecule has 12 heteroatoms. The van der Waals surface area contributed by atoms with Crippen LogP contribution in [0.15, 0.2) is 48.5 Å². The Morgan fingerprint density at radius 3 is 2.10 bits per heavy atom. The number of alkyl halides is 6. The summed E-state index contributed by atoms with van der Waals surface area (Å²) in [7, 11) is 0. The molecule has 0 saturated heterocycles. The van der Waals surface area contributed by atoms with Crippen molar-refractivity contribution in [3.8, 4) is 0 Å². The standard InChI is InChI=1S/C19H15ClF6N2O3/c1-2-31-16(30)17(19(24,25)26,28-15(29)11-4-3-5-13(20)10-11)27-14-8-6-12(7-9-14)18(21,22)23/h3-10,27H,2H2,1H3,(H,28,29). The smallest absolute Gasteiger partial charge is 0.441 e. The summed E-state index contributed by atoms with van der Waals surface area (Å²) in [5.41, 5.74) is -5.72. The quantitative estimate of drug-likeness (QED) is 0.355. The number of ether oxygens (including phenoxy) is 1. The monoisotopic (exact) mass is 468 g/mol. The van der Waals surface area contributed by atoms with Crippen LogP contribution in [0.1, 0.15) is 22.8 Å². The van der Waals surface area contributed by atoms with Crippen molar-refractivity contribution in [1.29, 1.82) is 0 Å². The zero-order chi connectivity index (χ0) is 23.4. The van der Waals surface area contributed by atoms with Crippen molar-refractivity contribution in [2.75, 3.05) is 11.9 Å². The highest BCUT2D eigenvalue weighted by molar-refractivity contribution is 6.31. The fraction of sp³-hybridized carbons (Fsp3) is 0.263. The molecule has 0 radical (unpaired) electrons. The minimum absolute atomic E-state index is 0.0529. The maximum Gasteiger partial charge on any atom is 0.441 e. The topological polar surface area (TPSA) is 67.4 Å². The van der Waals surface area contributed by atoms with E-state index in [2.05, 4.69) is 4.74 Å². The molecule has 0 bridgehead atoms. The largest absolute Gasteiger partial charge is 0.463 e. The number of carbonyl (C=O) groups excluding carboxylic acids is 2. The Morgan fingerprint density at radius 1 is 1.00 bits per heavy atom. The maximum atomic E-state index is 14.1. The molecule has 1 unspecified atom stereocenters. The van der Waals surface area contributed by atoms with E-state index in [0.717, 1.165) is 12.1 Å². The fourth-order valence-electron chi connectivity index (χ4n) is 2.46. The SMILES string of the molecule is CCOC(=O)C(NC(=O)c1cccc(Cl)c1)(Nc1ccc(C(F)(F)F)cc1)C(F)(F)F. The molecule has 5 nitrogen and oxygen atoms in total. The van der Waals surface area contributed by atoms with Gasteiger partial charge in [0.1, 0.15) is 0 Å². The highest BCUT2D eigenvalue weighted by Gasteiger charge is 2.63. The third-order valence-corrected chi connectivity index (χ3v) is 4.17. The van der Waals surface area contributed by atoms with Crippen LogP contribution in [0.4, 0.5) is 32.0 Å². The van der Waals surface area contributed by atoms with Crippen LogP contribution in [0.2, 0.25) is 5.02 Å². The molecule has 0 aromatic heterocycles. The second kappa shape index (κ2) is 9.04. The van der Waals surface area contributed by atoms with Gasteiger partial charge < -0.3 is 15.4 Å². The maximum absolute atomic E-state index is 14.1. The predicted octanol–water partition coefficient (Wildman–Crippen LogP) is 5.02. The average Bonchev–Trinajstić information content (AvgIpc) is 2.66. The second-order valence-corrected chi connectivity index (χ2v) is 6.57. The van der Waals surface area contributed by atoms with Gasteiger partial charge in [-0.05, 0) is 49.4 Å². The molecule has 0 heterocycles. The van der Waals surface area contributed by atoms with Crippen LogP contribution in [0.5, 0.6) is 0 Å². The van der Waals surface area contributed by atoms with Crippen molar-refractivity contribution in [3.05, 3.63) is 64.7 Å². The number of nitrogens with one attached hydrogen (secondary N) is 2. The predicted molar refractivity (Wildman–Crippen MR) is 99.4 cm³/mol. The summed E-state index contributed by atoms with van der Waals surface area (Å²) in [5.74, 6) is -3.23. The molecule has 1 atom stereocenters. The first kappa shape index (κ1) is 24.3. The Kier molecular flexibility index (Phi) is 7.10. The summed E-state index contributed by atoms with van der Waals surface area (Å²) in [6.07, 6.45) is -10.2. The number of halogens is 7. The minimum atomic E-state index is -5.45. The zero-order valence-electron chi connectivity index (χ0n) is 15.7. The van der Waals surface area contributed by atoms with Crippen LogP contribution < -0.4 is 10.6 Å². The summed E-state index contributed by atoms with van der Waals surface area (Å²) < 4.78 is 84.9. The van der Waals surface area contributed by atoms with Crippen molar-refractivity contribution in [2.45, 2.75) is 24.9 Å². The number of anilines is 1. The van der Waals surface area contributed by atoms with Gasteiger partial charge in [-0.15, -0.1) is 0 Å². The molecule has 31 heavy (non-hydrogen) atoms. The highest BCUT2D eigenvalue weighted by Crippen LogP contribution is 2.35. The lowest BCUT2D eigenvalue weighted by Gasteiger charge is -2.35. The fourth-order valence-corrected chi connectivity index (χ4v) is 2.65. The summed E-state index contributed by atoms with van der Waals surface area (Å²) in [5, 5.41) is 3.39. The molecular formula is C19H15ClF6N2O3. The molecule has 0 aliphatic carbocycles. The van der Waals surface area contributed by atoms with Crippen LogP contribution in [0, 0.1) is 0 Å². The Labute approximate surface area is 177 Å². The Bertz CT molecular complexity index is 947. The number of esters is 1. The second-order valence-electron chi connectivity index (χ2n) is 6.13. The van der Waals surface area contributed by atoms with Gasteiger partial charge in [-0.1, -0.05) is 17.7 Å². The Morgan fingerprint density at radius 2 is 1.61 bits per heavy atom. The molecule has 0 saturated carbocycles. The average molecular weight is 469 g/mol. The van der Waals surface area contributed by atoms with Crippen molar-refractivity contribution in [3.63, 3.8) is 0 Å². The first-order chi connectivity index (χ1) is 14.3. The van der Waals surface area contributed by atoms with E-state index in [0.29, 0.717) is 24.3 Å². The number of hydrogen-bond donors (Lipinski definition) is 2. The lowest BCUT2D eigenvalue weighted by Crippen LogP contribution is -2.69. The zero-order valence-corrected chi connectivity index (χ0v) is 16.5. The molecule has 0 aliphatic heterocycles. The van der Waals surface area contributed by atoms with Gasteiger partial charge in [0.25, 0.3) is 5.91 Å². The van der Waals surface area contributed by atoms with Crippen molar-refractivity contribution < 1.29 is 40.7 Å². The minimum Gasteiger partial charge on any atom is -0.463 e. The Balaban J connectivity index is 2.50. The normalized spacial score (nSPS) is 13.8. The third kappa shape index (κ3) is 5.60. The van der Waals surface area contributed by atoms with Gasteiger partial charge in [-0.25, -0.2) is 4.79 Å². The molecule has 2 aromatic rings. The van der Waals surface area contributed by atoms with Crippen molar-refractivity contribution >= 4 is 29.2 Å². The van der Waals surface area contributed by atoms with Gasteiger partial charge in [-0.3, -0.25) is 4.79 Å². The molecule has 168 valence electrons. The van der Waals surface area contributed by atoms with Crippen LogP contribution in [0.25, 0.3) is 0 Å². The van der Waals surface area contributed by atoms with E-state index >= 15 is 0 Å². The molecule has 2 N–H and O–H groups in total. The summed E-state index contributed by atoms with van der Waals surface area (Å²) >= 11 is 5.74. The lowest BCUT2D eigenvalue weighted by atomic mass is 10.1. The van der Waals surface area contributed by atoms with Gasteiger partial charge in [0.05, 0.1) is 12.2 Å². The van der Waals surface area contributed by atoms with Gasteiger partial charge in [0, 0.05) is 16.3 Å². The van der Waals surface area contributed by atoms with E-state index in [-0.39, 0.29) is 10.6 Å². The third-order valence-electron chi connectivity index (χ3n) is 3.94. The molecule has 0 spiro atoms. The highest BCUT2D eigenvalue weighted by atomic mass is 35.5. The molecule has 2 aromatic carbocycles. The molecular weight excluding hydrogens is 454 g/mol. The summed E-state index contributed by atoms with van der Waals surface area (Å²) in [6, 6.07) is 7.33. The van der Waals surface area contributed by atoms with Crippen LogP contribution >= 0.6 is 11.6 Å². The number of rotatable bonds is 6. The summed E-state index contributed by atoms with van der Waals surface area (Å²) in [4.78, 5) is 24.8. The van der Waals surface area contributed by atoms with Gasteiger partial charge in [-0.2, -0.15) is 26.3 Å². The van der Waals surface area contributed by atoms with Crippen LogP contribution in [0.3, 0.4) is 0 Å². The van der Waals surface area contributed by atoms with Crippen LogP contribution in [-0.2, 0) is 15.7 Å². The molecule has 2 rings (SSSR count). The lowest BCUT2D eigenvalue weighted by molar-refractivity contribution is -0.204. The van der Waals surface area contributed by atoms with E-state index in [9.17, 15) is 35.9 Å². The van der Waals surface area contributed by atoms with Gasteiger partial charge in [0.15, 0.2) is 0 Å². The van der Waals surface area contributed by atoms with E-state index in [1.54, 1.807) is 10.6 Å². The van der Waals surface area contributed by atoms with Gasteiger partial charge in [0.2, 0.25) is 0 Å². The van der Waals surface area contributed by atoms with Crippen molar-refractivity contribution in [1.82, 2.24) is 5.32 Å². The summed E-state index contributed by atoms with van der Waals surface area (Å²) in [6.45, 7) is 0.786. The first-order valence-corrected chi connectivity index (χ1v) is 8.95. The van der Waals surface area contributed by atoms with E-state index < -0.39 is 47.7 Å². The molecule has 1 amide bonds. The molecule has 0 aliphatic rings. The van der Waals surface area contributed by atoms with Gasteiger partial charge >= 0.3 is 24.0 Å². The number of hydrogen-bond acceptors (Lipinski definition) is 4. The van der Waals surface area contributed by atoms with E-state index in [4.69, 9.17) is 11.6 Å². The number of benzene rings is 2. The van der Waals surface area contributed by atoms with E-state index in [1.807, 2.05) is 0 Å². The number of carbonyl (C=O) groups is 2. The Hall–Kier alpha value is -2.95. The number of amides is 1. The van der Waals surface area contributed by atoms with Crippen LogP contribution in [-0.4, -0.2) is 30.3 Å².